The lowest BCUT2D eigenvalue weighted by atomic mass is 10.1. The van der Waals surface area contributed by atoms with Crippen LogP contribution in [0.25, 0.3) is 0 Å². The van der Waals surface area contributed by atoms with Crippen molar-refractivity contribution < 1.29 is 14.6 Å². The quantitative estimate of drug-likeness (QED) is 0.825. The fourth-order valence-electron chi connectivity index (χ4n) is 1.07. The van der Waals surface area contributed by atoms with Crippen LogP contribution >= 0.6 is 11.6 Å². The molecular weight excluding hydrogens is 204 g/mol. The normalized spacial score (nSPS) is 9.93. The molecule has 76 valence electrons. The average Bonchev–Trinajstić information content (AvgIpc) is 2.20. The fourth-order valence-corrected chi connectivity index (χ4v) is 1.30. The molecule has 4 heteroatoms. The number of rotatable bonds is 4. The summed E-state index contributed by atoms with van der Waals surface area (Å²) >= 11 is 5.90. The zero-order chi connectivity index (χ0) is 10.6. The van der Waals surface area contributed by atoms with Crippen LogP contribution in [0.2, 0.25) is 5.02 Å². The third kappa shape index (κ3) is 2.72. The first-order valence-corrected chi connectivity index (χ1v) is 4.50. The van der Waals surface area contributed by atoms with Gasteiger partial charge in [-0.3, -0.25) is 4.79 Å². The molecule has 0 amide bonds. The number of ether oxygens (including phenoxy) is 1. The van der Waals surface area contributed by atoms with Crippen LogP contribution in [0.15, 0.2) is 18.2 Å². The summed E-state index contributed by atoms with van der Waals surface area (Å²) in [6, 6.07) is 5.09. The molecule has 1 rings (SSSR count). The first-order valence-electron chi connectivity index (χ1n) is 4.12. The van der Waals surface area contributed by atoms with E-state index in [1.807, 2.05) is 0 Å². The van der Waals surface area contributed by atoms with Crippen LogP contribution in [0.5, 0.6) is 5.75 Å². The van der Waals surface area contributed by atoms with Gasteiger partial charge in [0.2, 0.25) is 0 Å². The number of benzene rings is 1. The molecule has 0 bridgehead atoms. The molecule has 0 unspecified atom stereocenters. The first kappa shape index (κ1) is 11.0. The molecule has 1 N–H and O–H groups in total. The van der Waals surface area contributed by atoms with Crippen LogP contribution < -0.4 is 4.74 Å². The summed E-state index contributed by atoms with van der Waals surface area (Å²) < 4.78 is 4.96. The van der Waals surface area contributed by atoms with Crippen molar-refractivity contribution in [2.75, 3.05) is 13.7 Å². The number of aliphatic hydroxyl groups is 1. The second-order valence-electron chi connectivity index (χ2n) is 2.83. The largest absolute Gasteiger partial charge is 0.497 e. The maximum absolute atomic E-state index is 10.9. The van der Waals surface area contributed by atoms with Crippen molar-refractivity contribution in [3.63, 3.8) is 0 Å². The van der Waals surface area contributed by atoms with Gasteiger partial charge >= 0.3 is 0 Å². The standard InChI is InChI=1S/C10H11ClO3/c1-14-9-3-2-7(10(11)5-9)4-8(13)6-12/h2-3,5,12H,4,6H2,1H3. The van der Waals surface area contributed by atoms with E-state index in [4.69, 9.17) is 21.4 Å². The Morgan fingerprint density at radius 3 is 2.79 bits per heavy atom. The Bertz CT molecular complexity index is 336. The Balaban J connectivity index is 2.83. The highest BCUT2D eigenvalue weighted by Gasteiger charge is 2.06. The lowest BCUT2D eigenvalue weighted by molar-refractivity contribution is -0.121. The van der Waals surface area contributed by atoms with Gasteiger partial charge in [-0.05, 0) is 17.7 Å². The number of methoxy groups -OCH3 is 1. The highest BCUT2D eigenvalue weighted by atomic mass is 35.5. The Hall–Kier alpha value is -1.06. The highest BCUT2D eigenvalue weighted by molar-refractivity contribution is 6.31. The molecule has 1 aromatic carbocycles. The van der Waals surface area contributed by atoms with Gasteiger partial charge in [-0.1, -0.05) is 17.7 Å². The van der Waals surface area contributed by atoms with Crippen LogP contribution in [0, 0.1) is 0 Å². The fraction of sp³-hybridized carbons (Fsp3) is 0.300. The van der Waals surface area contributed by atoms with E-state index in [-0.39, 0.29) is 12.2 Å². The van der Waals surface area contributed by atoms with Gasteiger partial charge in [-0.25, -0.2) is 0 Å². The van der Waals surface area contributed by atoms with Crippen LogP contribution in [0.3, 0.4) is 0 Å². The summed E-state index contributed by atoms with van der Waals surface area (Å²) in [6.45, 7) is -0.456. The SMILES string of the molecule is COc1ccc(CC(=O)CO)c(Cl)c1. The molecule has 0 aliphatic carbocycles. The summed E-state index contributed by atoms with van der Waals surface area (Å²) in [5, 5.41) is 9.05. The van der Waals surface area contributed by atoms with E-state index in [1.165, 1.54) is 0 Å². The molecule has 0 spiro atoms. The topological polar surface area (TPSA) is 46.5 Å². The second-order valence-corrected chi connectivity index (χ2v) is 3.24. The molecule has 0 saturated heterocycles. The summed E-state index contributed by atoms with van der Waals surface area (Å²) in [6.07, 6.45) is 0.152. The molecule has 0 saturated carbocycles. The number of ketones is 1. The minimum atomic E-state index is -0.456. The summed E-state index contributed by atoms with van der Waals surface area (Å²) in [5.74, 6) is 0.396. The third-order valence-corrected chi connectivity index (χ3v) is 2.18. The Labute approximate surface area is 87.3 Å². The van der Waals surface area contributed by atoms with Crippen molar-refractivity contribution in [2.24, 2.45) is 0 Å². The van der Waals surface area contributed by atoms with E-state index < -0.39 is 6.61 Å². The molecule has 14 heavy (non-hydrogen) atoms. The van der Waals surface area contributed by atoms with E-state index in [0.717, 1.165) is 0 Å². The Morgan fingerprint density at radius 2 is 2.29 bits per heavy atom. The number of Topliss-reactive ketones (excluding diaryl/α,β-unsaturated/α-hetero) is 1. The lowest BCUT2D eigenvalue weighted by Crippen LogP contribution is -2.07. The molecule has 3 nitrogen and oxygen atoms in total. The molecule has 0 aliphatic rings. The van der Waals surface area contributed by atoms with E-state index >= 15 is 0 Å². The zero-order valence-corrected chi connectivity index (χ0v) is 8.54. The van der Waals surface area contributed by atoms with E-state index in [0.29, 0.717) is 16.3 Å². The number of hydrogen-bond acceptors (Lipinski definition) is 3. The van der Waals surface area contributed by atoms with Crippen molar-refractivity contribution in [1.82, 2.24) is 0 Å². The molecule has 0 atom stereocenters. The van der Waals surface area contributed by atoms with Crippen LogP contribution in [-0.2, 0) is 11.2 Å². The van der Waals surface area contributed by atoms with Crippen LogP contribution in [-0.4, -0.2) is 24.6 Å². The van der Waals surface area contributed by atoms with Gasteiger partial charge in [0.1, 0.15) is 12.4 Å². The van der Waals surface area contributed by atoms with Crippen LogP contribution in [0.1, 0.15) is 5.56 Å². The maximum Gasteiger partial charge on any atom is 0.162 e. The molecule has 1 aromatic rings. The number of hydrogen-bond donors (Lipinski definition) is 1. The predicted molar refractivity (Wildman–Crippen MR) is 53.8 cm³/mol. The molecular formula is C10H11ClO3. The van der Waals surface area contributed by atoms with Crippen molar-refractivity contribution >= 4 is 17.4 Å². The molecule has 0 radical (unpaired) electrons. The van der Waals surface area contributed by atoms with E-state index in [9.17, 15) is 4.79 Å². The minimum Gasteiger partial charge on any atom is -0.497 e. The Kier molecular flexibility index (Phi) is 3.92. The van der Waals surface area contributed by atoms with Gasteiger partial charge in [-0.15, -0.1) is 0 Å². The summed E-state index contributed by atoms with van der Waals surface area (Å²) in [5.41, 5.74) is 0.700. The predicted octanol–water partition coefficient (Wildman–Crippen LogP) is 1.45. The second kappa shape index (κ2) is 4.98. The first-order chi connectivity index (χ1) is 6.67. The van der Waals surface area contributed by atoms with Gasteiger partial charge in [0.15, 0.2) is 5.78 Å². The monoisotopic (exact) mass is 214 g/mol. The summed E-state index contributed by atoms with van der Waals surface area (Å²) in [4.78, 5) is 10.9. The van der Waals surface area contributed by atoms with Gasteiger partial charge in [-0.2, -0.15) is 0 Å². The van der Waals surface area contributed by atoms with Crippen molar-refractivity contribution in [2.45, 2.75) is 6.42 Å². The van der Waals surface area contributed by atoms with Gasteiger partial charge in [0, 0.05) is 11.4 Å². The molecule has 0 aromatic heterocycles. The van der Waals surface area contributed by atoms with Crippen molar-refractivity contribution in [3.05, 3.63) is 28.8 Å². The average molecular weight is 215 g/mol. The zero-order valence-electron chi connectivity index (χ0n) is 7.79. The van der Waals surface area contributed by atoms with E-state index in [1.54, 1.807) is 25.3 Å². The number of halogens is 1. The molecule has 0 aliphatic heterocycles. The maximum atomic E-state index is 10.9. The lowest BCUT2D eigenvalue weighted by Gasteiger charge is -2.04. The minimum absolute atomic E-state index is 0.152. The Morgan fingerprint density at radius 1 is 1.57 bits per heavy atom. The van der Waals surface area contributed by atoms with Crippen molar-refractivity contribution in [1.29, 1.82) is 0 Å². The number of carbonyl (C=O) groups excluding carboxylic acids is 1. The van der Waals surface area contributed by atoms with Gasteiger partial charge in [0.25, 0.3) is 0 Å². The molecule has 0 heterocycles. The smallest absolute Gasteiger partial charge is 0.162 e. The highest BCUT2D eigenvalue weighted by Crippen LogP contribution is 2.22. The number of aliphatic hydroxyl groups excluding tert-OH is 1. The summed E-state index contributed by atoms with van der Waals surface area (Å²) in [7, 11) is 1.55. The third-order valence-electron chi connectivity index (χ3n) is 1.82. The van der Waals surface area contributed by atoms with Crippen molar-refractivity contribution in [3.8, 4) is 5.75 Å². The number of carbonyl (C=O) groups is 1. The van der Waals surface area contributed by atoms with E-state index in [2.05, 4.69) is 0 Å². The van der Waals surface area contributed by atoms with Crippen LogP contribution in [0.4, 0.5) is 0 Å². The van der Waals surface area contributed by atoms with Gasteiger partial charge < -0.3 is 9.84 Å². The molecule has 0 fully saturated rings. The van der Waals surface area contributed by atoms with Gasteiger partial charge in [0.05, 0.1) is 7.11 Å².